The Balaban J connectivity index is 1.79. The quantitative estimate of drug-likeness (QED) is 0.880. The molecule has 126 valence electrons. The third-order valence-electron chi connectivity index (χ3n) is 3.93. The van der Waals surface area contributed by atoms with E-state index in [1.54, 1.807) is 41.0 Å². The maximum Gasteiger partial charge on any atom is 0.409 e. The topological polar surface area (TPSA) is 95.6 Å². The molecule has 0 spiro atoms. The number of carbonyl (C=O) groups excluding carboxylic acids is 2. The van der Waals surface area contributed by atoms with E-state index < -0.39 is 5.69 Å². The Kier molecular flexibility index (Phi) is 4.45. The summed E-state index contributed by atoms with van der Waals surface area (Å²) in [7, 11) is 0. The number of amides is 2. The molecule has 1 saturated heterocycles. The minimum atomic E-state index is -0.554. The third-order valence-corrected chi connectivity index (χ3v) is 3.93. The van der Waals surface area contributed by atoms with E-state index in [0.29, 0.717) is 43.7 Å². The second-order valence-corrected chi connectivity index (χ2v) is 5.41. The molecule has 1 aromatic heterocycles. The van der Waals surface area contributed by atoms with Gasteiger partial charge >= 0.3 is 11.8 Å². The number of hydrogen-bond donors (Lipinski definition) is 1. The number of H-pyrrole nitrogens is 1. The highest BCUT2D eigenvalue weighted by Gasteiger charge is 2.27. The van der Waals surface area contributed by atoms with E-state index in [1.165, 1.54) is 0 Å². The van der Waals surface area contributed by atoms with Gasteiger partial charge in [-0.15, -0.1) is 0 Å². The van der Waals surface area contributed by atoms with Crippen LogP contribution in [0, 0.1) is 0 Å². The summed E-state index contributed by atoms with van der Waals surface area (Å²) in [6.07, 6.45) is -0.371. The average Bonchev–Trinajstić information content (AvgIpc) is 2.60. The van der Waals surface area contributed by atoms with Gasteiger partial charge in [0.15, 0.2) is 0 Å². The molecule has 2 heterocycles. The lowest BCUT2D eigenvalue weighted by atomic mass is 10.1. The van der Waals surface area contributed by atoms with Crippen LogP contribution in [0.15, 0.2) is 29.1 Å². The Morgan fingerprint density at radius 2 is 1.83 bits per heavy atom. The molecular weight excluding hydrogens is 312 g/mol. The predicted molar refractivity (Wildman–Crippen MR) is 86.9 cm³/mol. The molecule has 1 aliphatic heterocycles. The van der Waals surface area contributed by atoms with E-state index >= 15 is 0 Å². The van der Waals surface area contributed by atoms with Crippen molar-refractivity contribution in [3.63, 3.8) is 0 Å². The summed E-state index contributed by atoms with van der Waals surface area (Å²) < 4.78 is 4.96. The molecule has 1 fully saturated rings. The van der Waals surface area contributed by atoms with Crippen molar-refractivity contribution in [2.45, 2.75) is 6.92 Å². The Labute approximate surface area is 138 Å². The van der Waals surface area contributed by atoms with Gasteiger partial charge < -0.3 is 19.5 Å². The zero-order valence-electron chi connectivity index (χ0n) is 13.3. The minimum Gasteiger partial charge on any atom is -0.450 e. The van der Waals surface area contributed by atoms with Crippen LogP contribution in [0.25, 0.3) is 10.9 Å². The predicted octanol–water partition coefficient (Wildman–Crippen LogP) is 0.837. The van der Waals surface area contributed by atoms with Crippen molar-refractivity contribution in [3.8, 4) is 0 Å². The fourth-order valence-corrected chi connectivity index (χ4v) is 2.72. The summed E-state index contributed by atoms with van der Waals surface area (Å²) in [6, 6.07) is 7.05. The number of nitrogens with zero attached hydrogens (tertiary/aromatic N) is 3. The van der Waals surface area contributed by atoms with Gasteiger partial charge in [-0.05, 0) is 13.0 Å². The summed E-state index contributed by atoms with van der Waals surface area (Å²) in [4.78, 5) is 45.8. The van der Waals surface area contributed by atoms with Crippen molar-refractivity contribution in [2.75, 3.05) is 32.8 Å². The molecule has 0 atom stereocenters. The number of hydrogen-bond acceptors (Lipinski definition) is 5. The van der Waals surface area contributed by atoms with Crippen molar-refractivity contribution in [1.29, 1.82) is 0 Å². The minimum absolute atomic E-state index is 0.138. The molecular formula is C16H18N4O4. The van der Waals surface area contributed by atoms with Crippen LogP contribution in [0.5, 0.6) is 0 Å². The monoisotopic (exact) mass is 330 g/mol. The Hall–Kier alpha value is -2.90. The fraction of sp³-hybridized carbons (Fsp3) is 0.375. The van der Waals surface area contributed by atoms with E-state index in [0.717, 1.165) is 0 Å². The Morgan fingerprint density at radius 3 is 2.54 bits per heavy atom. The van der Waals surface area contributed by atoms with Crippen molar-refractivity contribution < 1.29 is 14.3 Å². The second-order valence-electron chi connectivity index (χ2n) is 5.41. The van der Waals surface area contributed by atoms with Crippen LogP contribution in [-0.4, -0.2) is 64.6 Å². The van der Waals surface area contributed by atoms with Crippen molar-refractivity contribution in [2.24, 2.45) is 0 Å². The van der Waals surface area contributed by atoms with Gasteiger partial charge in [-0.2, -0.15) is 4.98 Å². The molecule has 1 N–H and O–H groups in total. The van der Waals surface area contributed by atoms with Crippen LogP contribution in [0.2, 0.25) is 0 Å². The number of benzene rings is 1. The van der Waals surface area contributed by atoms with Crippen molar-refractivity contribution >= 4 is 22.9 Å². The number of carbonyl (C=O) groups is 2. The second kappa shape index (κ2) is 6.69. The molecule has 1 aliphatic rings. The van der Waals surface area contributed by atoms with Gasteiger partial charge in [0, 0.05) is 31.6 Å². The normalized spacial score (nSPS) is 14.7. The number of para-hydroxylation sites is 1. The van der Waals surface area contributed by atoms with Crippen LogP contribution in [0.1, 0.15) is 17.4 Å². The first-order chi connectivity index (χ1) is 11.6. The molecule has 0 aliphatic carbocycles. The largest absolute Gasteiger partial charge is 0.450 e. The van der Waals surface area contributed by atoms with Crippen molar-refractivity contribution in [3.05, 3.63) is 40.4 Å². The molecule has 1 aromatic carbocycles. The summed E-state index contributed by atoms with van der Waals surface area (Å²) in [5.41, 5.74) is 0.159. The van der Waals surface area contributed by atoms with E-state index in [1.807, 2.05) is 0 Å². The SMILES string of the molecule is CCOC(=O)N1CCN(C(=O)c2nc(=O)[nH]c3ccccc23)CC1. The summed E-state index contributed by atoms with van der Waals surface area (Å²) in [6.45, 7) is 3.61. The van der Waals surface area contributed by atoms with Crippen LogP contribution >= 0.6 is 0 Å². The maximum atomic E-state index is 12.7. The van der Waals surface area contributed by atoms with Crippen LogP contribution in [-0.2, 0) is 4.74 Å². The molecule has 8 heteroatoms. The Morgan fingerprint density at radius 1 is 1.17 bits per heavy atom. The maximum absolute atomic E-state index is 12.7. The number of fused-ring (bicyclic) bond motifs is 1. The molecule has 3 rings (SSSR count). The van der Waals surface area contributed by atoms with Crippen molar-refractivity contribution in [1.82, 2.24) is 19.8 Å². The molecule has 0 saturated carbocycles. The summed E-state index contributed by atoms with van der Waals surface area (Å²) in [5, 5.41) is 0.606. The van der Waals surface area contributed by atoms with E-state index in [2.05, 4.69) is 9.97 Å². The first-order valence-corrected chi connectivity index (χ1v) is 7.80. The summed E-state index contributed by atoms with van der Waals surface area (Å²) in [5.74, 6) is -0.305. The van der Waals surface area contributed by atoms with Gasteiger partial charge in [0.1, 0.15) is 5.69 Å². The number of aromatic nitrogens is 2. The molecule has 2 aromatic rings. The van der Waals surface area contributed by atoms with Crippen LogP contribution < -0.4 is 5.69 Å². The first-order valence-electron chi connectivity index (χ1n) is 7.80. The number of rotatable bonds is 2. The zero-order valence-corrected chi connectivity index (χ0v) is 13.3. The van der Waals surface area contributed by atoms with E-state index in [-0.39, 0.29) is 17.7 Å². The zero-order chi connectivity index (χ0) is 17.1. The van der Waals surface area contributed by atoms with E-state index in [9.17, 15) is 14.4 Å². The van der Waals surface area contributed by atoms with Crippen LogP contribution in [0.3, 0.4) is 0 Å². The highest BCUT2D eigenvalue weighted by Crippen LogP contribution is 2.16. The average molecular weight is 330 g/mol. The molecule has 24 heavy (non-hydrogen) atoms. The standard InChI is InChI=1S/C16H18N4O4/c1-2-24-16(23)20-9-7-19(8-10-20)14(21)13-11-5-3-4-6-12(11)17-15(22)18-13/h3-6H,2,7-10H2,1H3,(H,17,18,22). The van der Waals surface area contributed by atoms with Crippen LogP contribution in [0.4, 0.5) is 4.79 Å². The molecule has 0 unspecified atom stereocenters. The third kappa shape index (κ3) is 3.08. The lowest BCUT2D eigenvalue weighted by Crippen LogP contribution is -2.51. The number of ether oxygens (including phenoxy) is 1. The van der Waals surface area contributed by atoms with Gasteiger partial charge in [0.2, 0.25) is 0 Å². The highest BCUT2D eigenvalue weighted by atomic mass is 16.6. The number of aromatic amines is 1. The van der Waals surface area contributed by atoms with Gasteiger partial charge in [-0.3, -0.25) is 4.79 Å². The van der Waals surface area contributed by atoms with Gasteiger partial charge in [0.25, 0.3) is 5.91 Å². The lowest BCUT2D eigenvalue weighted by Gasteiger charge is -2.33. The fourth-order valence-electron chi connectivity index (χ4n) is 2.72. The van der Waals surface area contributed by atoms with E-state index in [4.69, 9.17) is 4.74 Å². The molecule has 8 nitrogen and oxygen atoms in total. The Bertz CT molecular complexity index is 824. The lowest BCUT2D eigenvalue weighted by molar-refractivity contribution is 0.0567. The van der Waals surface area contributed by atoms with Gasteiger partial charge in [0.05, 0.1) is 12.1 Å². The summed E-state index contributed by atoms with van der Waals surface area (Å²) >= 11 is 0. The number of piperazine rings is 1. The van der Waals surface area contributed by atoms with Gasteiger partial charge in [-0.1, -0.05) is 18.2 Å². The molecule has 0 radical (unpaired) electrons. The first kappa shape index (κ1) is 16.0. The smallest absolute Gasteiger partial charge is 0.409 e. The number of nitrogens with one attached hydrogen (secondary N) is 1. The van der Waals surface area contributed by atoms with Gasteiger partial charge in [-0.25, -0.2) is 9.59 Å². The molecule has 0 bridgehead atoms. The highest BCUT2D eigenvalue weighted by molar-refractivity contribution is 6.04. The molecule has 2 amide bonds.